The molecule has 3 N–H and O–H groups in total. The molecular formula is C21H20N2O6. The first-order valence-electron chi connectivity index (χ1n) is 8.77. The number of amides is 1. The molecule has 3 aromatic rings. The molecule has 0 saturated carbocycles. The van der Waals surface area contributed by atoms with E-state index in [0.717, 1.165) is 23.3 Å². The first kappa shape index (κ1) is 19.8. The van der Waals surface area contributed by atoms with Gasteiger partial charge in [0, 0.05) is 18.1 Å². The summed E-state index contributed by atoms with van der Waals surface area (Å²) in [5.41, 5.74) is 1.50. The monoisotopic (exact) mass is 396 g/mol. The van der Waals surface area contributed by atoms with Crippen molar-refractivity contribution in [2.24, 2.45) is 0 Å². The molecule has 29 heavy (non-hydrogen) atoms. The number of nitrogens with zero attached hydrogens (tertiary/aromatic N) is 1. The molecule has 0 aliphatic carbocycles. The van der Waals surface area contributed by atoms with Gasteiger partial charge in [0.05, 0.1) is 7.11 Å². The third-order valence-corrected chi connectivity index (χ3v) is 4.34. The second kappa shape index (κ2) is 8.83. The summed E-state index contributed by atoms with van der Waals surface area (Å²) in [6, 6.07) is 19.3. The fraction of sp³-hybridized carbons (Fsp3) is 0.143. The van der Waals surface area contributed by atoms with E-state index in [4.69, 9.17) is 4.84 Å². The lowest BCUT2D eigenvalue weighted by Crippen LogP contribution is -2.48. The third kappa shape index (κ3) is 4.49. The third-order valence-electron chi connectivity index (χ3n) is 4.34. The normalized spacial score (nSPS) is 11.7. The van der Waals surface area contributed by atoms with Gasteiger partial charge in [-0.05, 0) is 11.1 Å². The summed E-state index contributed by atoms with van der Waals surface area (Å²) in [4.78, 5) is 30.2. The second-order valence-corrected chi connectivity index (χ2v) is 6.17. The zero-order chi connectivity index (χ0) is 20.8. The van der Waals surface area contributed by atoms with Crippen LogP contribution < -0.4 is 10.2 Å². The molecule has 1 amide bonds. The van der Waals surface area contributed by atoms with Crippen molar-refractivity contribution in [3.8, 4) is 11.8 Å². The van der Waals surface area contributed by atoms with Gasteiger partial charge in [-0.25, -0.2) is 9.59 Å². The number of carbonyl (C=O) groups is 2. The Kier molecular flexibility index (Phi) is 6.03. The summed E-state index contributed by atoms with van der Waals surface area (Å²) in [6.07, 6.45) is -0.829. The highest BCUT2D eigenvalue weighted by Crippen LogP contribution is 2.29. The van der Waals surface area contributed by atoms with Gasteiger partial charge in [0.1, 0.15) is 6.04 Å². The SMILES string of the molecule is COC(=O)NC(C(=O)On1c(O)ccc1O)C(c1ccccc1)c1ccccc1. The largest absolute Gasteiger partial charge is 0.492 e. The van der Waals surface area contributed by atoms with Crippen molar-refractivity contribution >= 4 is 12.1 Å². The second-order valence-electron chi connectivity index (χ2n) is 6.17. The van der Waals surface area contributed by atoms with Crippen LogP contribution in [0, 0.1) is 0 Å². The van der Waals surface area contributed by atoms with Crippen LogP contribution in [0.25, 0.3) is 0 Å². The van der Waals surface area contributed by atoms with Crippen LogP contribution in [0.4, 0.5) is 4.79 Å². The topological polar surface area (TPSA) is 110 Å². The quantitative estimate of drug-likeness (QED) is 0.590. The van der Waals surface area contributed by atoms with E-state index in [0.29, 0.717) is 4.73 Å². The maximum Gasteiger partial charge on any atom is 0.407 e. The van der Waals surface area contributed by atoms with Crippen molar-refractivity contribution in [1.82, 2.24) is 10.0 Å². The minimum atomic E-state index is -1.21. The average Bonchev–Trinajstić information content (AvgIpc) is 3.06. The molecule has 3 rings (SSSR count). The van der Waals surface area contributed by atoms with Gasteiger partial charge in [-0.15, -0.1) is 4.73 Å². The fourth-order valence-corrected chi connectivity index (χ4v) is 3.00. The molecule has 8 heteroatoms. The number of nitrogens with one attached hydrogen (secondary N) is 1. The number of alkyl carbamates (subject to hydrolysis) is 1. The summed E-state index contributed by atoms with van der Waals surface area (Å²) < 4.78 is 5.24. The van der Waals surface area contributed by atoms with E-state index in [-0.39, 0.29) is 0 Å². The lowest BCUT2D eigenvalue weighted by Gasteiger charge is -2.27. The Bertz CT molecular complexity index is 912. The molecule has 1 heterocycles. The molecule has 0 aliphatic heterocycles. The van der Waals surface area contributed by atoms with Crippen LogP contribution in [0.1, 0.15) is 17.0 Å². The van der Waals surface area contributed by atoms with E-state index in [1.807, 2.05) is 60.7 Å². The minimum absolute atomic E-state index is 0.469. The molecule has 8 nitrogen and oxygen atoms in total. The Balaban J connectivity index is 2.04. The van der Waals surface area contributed by atoms with E-state index in [1.54, 1.807) is 0 Å². The summed E-state index contributed by atoms with van der Waals surface area (Å²) in [5, 5.41) is 22.1. The number of carbonyl (C=O) groups excluding carboxylic acids is 2. The number of hydrogen-bond donors (Lipinski definition) is 3. The maximum absolute atomic E-state index is 13.0. The summed E-state index contributed by atoms with van der Waals surface area (Å²) in [7, 11) is 1.18. The van der Waals surface area contributed by atoms with Crippen LogP contribution in [0.5, 0.6) is 11.8 Å². The lowest BCUT2D eigenvalue weighted by molar-refractivity contribution is -0.148. The molecule has 1 aromatic heterocycles. The first-order chi connectivity index (χ1) is 14.0. The van der Waals surface area contributed by atoms with Crippen molar-refractivity contribution in [1.29, 1.82) is 0 Å². The van der Waals surface area contributed by atoms with Crippen LogP contribution in [-0.4, -0.2) is 40.2 Å². The van der Waals surface area contributed by atoms with Crippen LogP contribution in [0.15, 0.2) is 72.8 Å². The maximum atomic E-state index is 13.0. The van der Waals surface area contributed by atoms with Crippen LogP contribution >= 0.6 is 0 Å². The van der Waals surface area contributed by atoms with Gasteiger partial charge in [0.2, 0.25) is 11.8 Å². The Labute approximate surface area is 166 Å². The molecular weight excluding hydrogens is 376 g/mol. The van der Waals surface area contributed by atoms with Gasteiger partial charge in [-0.1, -0.05) is 60.7 Å². The average molecular weight is 396 g/mol. The van der Waals surface area contributed by atoms with Crippen molar-refractivity contribution < 1.29 is 29.4 Å². The van der Waals surface area contributed by atoms with Crippen molar-refractivity contribution in [3.05, 3.63) is 83.9 Å². The van der Waals surface area contributed by atoms with Gasteiger partial charge in [0.25, 0.3) is 0 Å². The van der Waals surface area contributed by atoms with E-state index < -0.39 is 35.8 Å². The fourth-order valence-electron chi connectivity index (χ4n) is 3.00. The Morgan fingerprint density at radius 3 is 1.79 bits per heavy atom. The zero-order valence-electron chi connectivity index (χ0n) is 15.6. The molecule has 2 aromatic carbocycles. The predicted molar refractivity (Wildman–Crippen MR) is 103 cm³/mol. The number of aromatic nitrogens is 1. The Hall–Kier alpha value is -3.94. The molecule has 0 fully saturated rings. The standard InChI is InChI=1S/C21H20N2O6/c1-28-21(27)22-19(20(26)29-23-16(24)12-13-17(23)25)18(14-8-4-2-5-9-14)15-10-6-3-7-11-15/h2-13,18-19,24-25H,1H3,(H,22,27). The van der Waals surface area contributed by atoms with Crippen LogP contribution in [0.2, 0.25) is 0 Å². The van der Waals surface area contributed by atoms with E-state index >= 15 is 0 Å². The van der Waals surface area contributed by atoms with Crippen molar-refractivity contribution in [3.63, 3.8) is 0 Å². The van der Waals surface area contributed by atoms with Crippen molar-refractivity contribution in [2.45, 2.75) is 12.0 Å². The highest BCUT2D eigenvalue weighted by Gasteiger charge is 2.35. The Morgan fingerprint density at radius 2 is 1.34 bits per heavy atom. The minimum Gasteiger partial charge on any atom is -0.492 e. The first-order valence-corrected chi connectivity index (χ1v) is 8.77. The summed E-state index contributed by atoms with van der Waals surface area (Å²) in [6.45, 7) is 0. The Morgan fingerprint density at radius 1 is 0.862 bits per heavy atom. The molecule has 0 spiro atoms. The van der Waals surface area contributed by atoms with Crippen LogP contribution in [-0.2, 0) is 9.53 Å². The smallest absolute Gasteiger partial charge is 0.407 e. The molecule has 150 valence electrons. The molecule has 0 saturated heterocycles. The number of benzene rings is 2. The van der Waals surface area contributed by atoms with E-state index in [2.05, 4.69) is 10.1 Å². The van der Waals surface area contributed by atoms with Gasteiger partial charge in [0.15, 0.2) is 0 Å². The van der Waals surface area contributed by atoms with Gasteiger partial charge in [-0.3, -0.25) is 0 Å². The zero-order valence-corrected chi connectivity index (χ0v) is 15.6. The van der Waals surface area contributed by atoms with Gasteiger partial charge < -0.3 is 25.1 Å². The van der Waals surface area contributed by atoms with Crippen molar-refractivity contribution in [2.75, 3.05) is 7.11 Å². The molecule has 0 bridgehead atoms. The van der Waals surface area contributed by atoms with E-state index in [1.165, 1.54) is 7.11 Å². The number of hydrogen-bond acceptors (Lipinski definition) is 6. The highest BCUT2D eigenvalue weighted by molar-refractivity contribution is 5.83. The number of rotatable bonds is 6. The number of methoxy groups -OCH3 is 1. The summed E-state index contributed by atoms with van der Waals surface area (Å²) in [5.74, 6) is -2.47. The molecule has 1 unspecified atom stereocenters. The lowest BCUT2D eigenvalue weighted by atomic mass is 9.85. The predicted octanol–water partition coefficient (Wildman–Crippen LogP) is 2.41. The molecule has 0 aliphatic rings. The molecule has 0 radical (unpaired) electrons. The van der Waals surface area contributed by atoms with E-state index in [9.17, 15) is 19.8 Å². The summed E-state index contributed by atoms with van der Waals surface area (Å²) >= 11 is 0. The highest BCUT2D eigenvalue weighted by atomic mass is 16.7. The number of aromatic hydroxyl groups is 2. The molecule has 1 atom stereocenters. The van der Waals surface area contributed by atoms with Gasteiger partial charge in [-0.2, -0.15) is 0 Å². The van der Waals surface area contributed by atoms with Gasteiger partial charge >= 0.3 is 12.1 Å². The number of ether oxygens (including phenoxy) is 1. The van der Waals surface area contributed by atoms with Crippen LogP contribution in [0.3, 0.4) is 0 Å².